The fourth-order valence-electron chi connectivity index (χ4n) is 2.68. The first-order valence-corrected chi connectivity index (χ1v) is 8.81. The topological polar surface area (TPSA) is 74.7 Å². The van der Waals surface area contributed by atoms with E-state index in [4.69, 9.17) is 5.11 Å². The van der Waals surface area contributed by atoms with Crippen LogP contribution in [0.2, 0.25) is 0 Å². The second kappa shape index (κ2) is 6.49. The number of carboxylic acid groups (broad SMARTS) is 1. The van der Waals surface area contributed by atoms with Gasteiger partial charge in [-0.2, -0.15) is 0 Å². The van der Waals surface area contributed by atoms with Crippen molar-refractivity contribution < 1.29 is 31.5 Å². The average Bonchev–Trinajstić information content (AvgIpc) is 2.56. The average molecular weight is 383 g/mol. The highest BCUT2D eigenvalue weighted by molar-refractivity contribution is 7.89. The molecule has 0 aromatic heterocycles. The first-order valence-electron chi connectivity index (χ1n) is 7.37. The number of aliphatic carboxylic acids is 1. The molecule has 0 atom stereocenters. The molecule has 2 aromatic rings. The quantitative estimate of drug-likeness (QED) is 0.824. The maximum atomic E-state index is 13.9. The van der Waals surface area contributed by atoms with Crippen LogP contribution in [0.25, 0.3) is 5.57 Å². The van der Waals surface area contributed by atoms with Crippen LogP contribution in [0.1, 0.15) is 17.5 Å². The normalized spacial score (nSPS) is 15.3. The molecule has 0 unspecified atom stereocenters. The summed E-state index contributed by atoms with van der Waals surface area (Å²) in [6.07, 6.45) is 0.621. The molecule has 5 nitrogen and oxygen atoms in total. The highest BCUT2D eigenvalue weighted by Gasteiger charge is 2.32. The van der Waals surface area contributed by atoms with E-state index < -0.39 is 46.4 Å². The Labute approximate surface area is 147 Å². The lowest BCUT2D eigenvalue weighted by atomic mass is 10.0. The predicted molar refractivity (Wildman–Crippen MR) is 85.7 cm³/mol. The molecule has 1 aliphatic rings. The minimum absolute atomic E-state index is 0.137. The van der Waals surface area contributed by atoms with Crippen LogP contribution in [0.4, 0.5) is 13.2 Å². The fourth-order valence-corrected chi connectivity index (χ4v) is 4.24. The van der Waals surface area contributed by atoms with E-state index >= 15 is 0 Å². The Hall–Kier alpha value is -2.81. The molecule has 136 valence electrons. The summed E-state index contributed by atoms with van der Waals surface area (Å²) < 4.78 is 66.6. The van der Waals surface area contributed by atoms with E-state index in [1.165, 1.54) is 18.2 Å². The molecule has 0 saturated carbocycles. The van der Waals surface area contributed by atoms with Gasteiger partial charge in [0.2, 0.25) is 0 Å². The number of fused-ring (bicyclic) bond motifs is 1. The van der Waals surface area contributed by atoms with Crippen molar-refractivity contribution in [3.63, 3.8) is 0 Å². The van der Waals surface area contributed by atoms with Crippen LogP contribution in [0, 0.1) is 17.5 Å². The minimum Gasteiger partial charge on any atom is -0.481 e. The van der Waals surface area contributed by atoms with E-state index in [9.17, 15) is 26.4 Å². The van der Waals surface area contributed by atoms with Gasteiger partial charge in [-0.3, -0.25) is 9.10 Å². The Balaban J connectivity index is 2.09. The predicted octanol–water partition coefficient (Wildman–Crippen LogP) is 3.12. The zero-order chi connectivity index (χ0) is 19.1. The smallest absolute Gasteiger partial charge is 0.307 e. The summed E-state index contributed by atoms with van der Waals surface area (Å²) >= 11 is 0. The summed E-state index contributed by atoms with van der Waals surface area (Å²) in [6.45, 7) is -0.608. The van der Waals surface area contributed by atoms with Gasteiger partial charge in [-0.15, -0.1) is 0 Å². The number of hydrogen-bond acceptors (Lipinski definition) is 3. The number of carboxylic acids is 1. The molecule has 9 heteroatoms. The summed E-state index contributed by atoms with van der Waals surface area (Å²) in [5, 5.41) is 9.05. The van der Waals surface area contributed by atoms with Gasteiger partial charge in [0.25, 0.3) is 10.0 Å². The summed E-state index contributed by atoms with van der Waals surface area (Å²) in [7, 11) is -4.11. The second-order valence-corrected chi connectivity index (χ2v) is 7.49. The lowest BCUT2D eigenvalue weighted by Crippen LogP contribution is -2.30. The van der Waals surface area contributed by atoms with Crippen molar-refractivity contribution in [2.75, 3.05) is 0 Å². The summed E-state index contributed by atoms with van der Waals surface area (Å²) in [5.41, 5.74) is 0.0561. The number of halogens is 3. The summed E-state index contributed by atoms with van der Waals surface area (Å²) in [5.74, 6) is -4.98. The van der Waals surface area contributed by atoms with Crippen molar-refractivity contribution in [3.05, 3.63) is 71.2 Å². The Morgan fingerprint density at radius 2 is 1.69 bits per heavy atom. The highest BCUT2D eigenvalue weighted by atomic mass is 32.2. The van der Waals surface area contributed by atoms with Crippen LogP contribution in [0.5, 0.6) is 0 Å². The molecule has 26 heavy (non-hydrogen) atoms. The Morgan fingerprint density at radius 3 is 2.38 bits per heavy atom. The number of benzene rings is 2. The van der Waals surface area contributed by atoms with Crippen molar-refractivity contribution >= 4 is 21.6 Å². The van der Waals surface area contributed by atoms with Gasteiger partial charge in [0.1, 0.15) is 5.82 Å². The lowest BCUT2D eigenvalue weighted by molar-refractivity contribution is -0.135. The SMILES string of the molecule is O=C(O)CC1=CN(Cc2cc(F)c(F)cc2F)S(=O)(=O)c2ccccc21. The number of hydrogen-bond donors (Lipinski definition) is 1. The molecule has 0 aliphatic carbocycles. The van der Waals surface area contributed by atoms with Crippen LogP contribution in [-0.4, -0.2) is 23.8 Å². The fraction of sp³-hybridized carbons (Fsp3) is 0.118. The van der Waals surface area contributed by atoms with Crippen LogP contribution in [0.15, 0.2) is 47.5 Å². The van der Waals surface area contributed by atoms with E-state index in [1.54, 1.807) is 6.07 Å². The van der Waals surface area contributed by atoms with E-state index in [0.29, 0.717) is 12.1 Å². The largest absolute Gasteiger partial charge is 0.481 e. The van der Waals surface area contributed by atoms with E-state index in [2.05, 4.69) is 0 Å². The van der Waals surface area contributed by atoms with Gasteiger partial charge in [0.05, 0.1) is 17.9 Å². The first-order chi connectivity index (χ1) is 12.2. The Bertz CT molecular complexity index is 1030. The lowest BCUT2D eigenvalue weighted by Gasteiger charge is -2.28. The minimum atomic E-state index is -4.11. The van der Waals surface area contributed by atoms with Crippen LogP contribution in [0.3, 0.4) is 0 Å². The van der Waals surface area contributed by atoms with Gasteiger partial charge < -0.3 is 5.11 Å². The van der Waals surface area contributed by atoms with E-state index in [0.717, 1.165) is 10.5 Å². The highest BCUT2D eigenvalue weighted by Crippen LogP contribution is 2.35. The molecule has 0 radical (unpaired) electrons. The second-order valence-electron chi connectivity index (χ2n) is 5.63. The zero-order valence-electron chi connectivity index (χ0n) is 13.1. The summed E-state index contributed by atoms with van der Waals surface area (Å²) in [4.78, 5) is 10.9. The molecule has 0 bridgehead atoms. The zero-order valence-corrected chi connectivity index (χ0v) is 13.9. The van der Waals surface area contributed by atoms with Crippen LogP contribution in [-0.2, 0) is 21.4 Å². The third-order valence-electron chi connectivity index (χ3n) is 3.88. The number of carbonyl (C=O) groups is 1. The number of sulfonamides is 1. The monoisotopic (exact) mass is 383 g/mol. The standard InChI is InChI=1S/C17H12F3NO4S/c18-13-7-15(20)14(19)5-11(13)9-21-8-10(6-17(22)23)12-3-1-2-4-16(12)26(21,24)25/h1-5,7-8H,6,9H2,(H,22,23). The third kappa shape index (κ3) is 3.17. The van der Waals surface area contributed by atoms with Gasteiger partial charge in [0.15, 0.2) is 11.6 Å². The van der Waals surface area contributed by atoms with Gasteiger partial charge in [-0.25, -0.2) is 21.6 Å². The van der Waals surface area contributed by atoms with E-state index in [-0.39, 0.29) is 21.6 Å². The van der Waals surface area contributed by atoms with Crippen molar-refractivity contribution in [1.29, 1.82) is 0 Å². The molecule has 0 amide bonds. The maximum absolute atomic E-state index is 13.9. The Kier molecular flexibility index (Phi) is 4.49. The molecule has 1 heterocycles. The van der Waals surface area contributed by atoms with E-state index in [1.807, 2.05) is 0 Å². The molecule has 2 aromatic carbocycles. The van der Waals surface area contributed by atoms with Crippen molar-refractivity contribution in [1.82, 2.24) is 4.31 Å². The number of nitrogens with zero attached hydrogens (tertiary/aromatic N) is 1. The molecule has 0 saturated heterocycles. The molecule has 3 rings (SSSR count). The molecule has 1 N–H and O–H groups in total. The van der Waals surface area contributed by atoms with Gasteiger partial charge in [0, 0.05) is 23.4 Å². The van der Waals surface area contributed by atoms with Crippen molar-refractivity contribution in [2.24, 2.45) is 0 Å². The molecular formula is C17H12F3NO4S. The first kappa shape index (κ1) is 18.0. The molecular weight excluding hydrogens is 371 g/mol. The molecule has 0 fully saturated rings. The summed E-state index contributed by atoms with van der Waals surface area (Å²) in [6, 6.07) is 6.71. The van der Waals surface area contributed by atoms with Crippen molar-refractivity contribution in [3.8, 4) is 0 Å². The van der Waals surface area contributed by atoms with Crippen molar-refractivity contribution in [2.45, 2.75) is 17.9 Å². The van der Waals surface area contributed by atoms with Gasteiger partial charge >= 0.3 is 5.97 Å². The Morgan fingerprint density at radius 1 is 1.04 bits per heavy atom. The number of rotatable bonds is 4. The van der Waals surface area contributed by atoms with Gasteiger partial charge in [-0.05, 0) is 17.7 Å². The molecule has 1 aliphatic heterocycles. The molecule has 0 spiro atoms. The van der Waals surface area contributed by atoms with Crippen LogP contribution < -0.4 is 0 Å². The van der Waals surface area contributed by atoms with Crippen LogP contribution >= 0.6 is 0 Å². The maximum Gasteiger partial charge on any atom is 0.307 e. The third-order valence-corrected chi connectivity index (χ3v) is 5.64. The van der Waals surface area contributed by atoms with Gasteiger partial charge in [-0.1, -0.05) is 18.2 Å².